The van der Waals surface area contributed by atoms with Gasteiger partial charge < -0.3 is 19.3 Å². The maximum Gasteiger partial charge on any atom is 0.264 e. The summed E-state index contributed by atoms with van der Waals surface area (Å²) in [5.74, 6) is 0.806. The molecule has 1 amide bonds. The second-order valence-electron chi connectivity index (χ2n) is 15.1. The van der Waals surface area contributed by atoms with Gasteiger partial charge in [0.05, 0.1) is 23.1 Å². The van der Waals surface area contributed by atoms with Crippen LogP contribution in [0.15, 0.2) is 36.4 Å². The van der Waals surface area contributed by atoms with E-state index in [-0.39, 0.29) is 16.9 Å². The van der Waals surface area contributed by atoms with E-state index in [0.29, 0.717) is 24.0 Å². The Kier molecular flexibility index (Phi) is 9.94. The normalized spacial score (nSPS) is 32.4. The van der Waals surface area contributed by atoms with Gasteiger partial charge in [0.2, 0.25) is 10.0 Å². The molecule has 1 N–H and O–H groups in total. The number of hydrogen-bond acceptors (Lipinski definition) is 7. The molecule has 258 valence electrons. The number of nitrogens with zero attached hydrogens (tertiary/aromatic N) is 2. The van der Waals surface area contributed by atoms with E-state index >= 15 is 0 Å². The average molecular weight is 686 g/mol. The first-order chi connectivity index (χ1) is 22.4. The van der Waals surface area contributed by atoms with Gasteiger partial charge in [0, 0.05) is 42.7 Å². The maximum absolute atomic E-state index is 13.5. The van der Waals surface area contributed by atoms with Crippen LogP contribution in [-0.4, -0.2) is 77.5 Å². The number of halogens is 1. The second-order valence-corrected chi connectivity index (χ2v) is 17.6. The van der Waals surface area contributed by atoms with Gasteiger partial charge in [0.1, 0.15) is 5.75 Å². The van der Waals surface area contributed by atoms with Crippen LogP contribution in [0.1, 0.15) is 86.7 Å². The first kappa shape index (κ1) is 34.5. The van der Waals surface area contributed by atoms with Crippen molar-refractivity contribution in [3.63, 3.8) is 0 Å². The highest BCUT2D eigenvalue weighted by Crippen LogP contribution is 2.50. The highest BCUT2D eigenvalue weighted by atomic mass is 35.5. The van der Waals surface area contributed by atoms with Crippen LogP contribution < -0.4 is 14.4 Å². The zero-order valence-electron chi connectivity index (χ0n) is 28.7. The van der Waals surface area contributed by atoms with Crippen molar-refractivity contribution < 1.29 is 22.7 Å². The number of benzene rings is 2. The van der Waals surface area contributed by atoms with Crippen molar-refractivity contribution in [3.05, 3.63) is 58.1 Å². The molecular formula is C37H52ClN3O5S. The van der Waals surface area contributed by atoms with Gasteiger partial charge in [0.15, 0.2) is 0 Å². The van der Waals surface area contributed by atoms with Crippen LogP contribution in [0.5, 0.6) is 5.75 Å². The summed E-state index contributed by atoms with van der Waals surface area (Å²) in [5.41, 5.74) is 3.22. The van der Waals surface area contributed by atoms with Crippen LogP contribution in [0.4, 0.5) is 5.69 Å². The van der Waals surface area contributed by atoms with Crippen molar-refractivity contribution in [1.29, 1.82) is 0 Å². The predicted molar refractivity (Wildman–Crippen MR) is 188 cm³/mol. The molecule has 0 aromatic heterocycles. The molecular weight excluding hydrogens is 634 g/mol. The summed E-state index contributed by atoms with van der Waals surface area (Å²) in [6.07, 6.45) is 8.68. The van der Waals surface area contributed by atoms with E-state index in [9.17, 15) is 13.2 Å². The van der Waals surface area contributed by atoms with Crippen molar-refractivity contribution in [1.82, 2.24) is 9.62 Å². The summed E-state index contributed by atoms with van der Waals surface area (Å²) in [4.78, 5) is 18.2. The van der Waals surface area contributed by atoms with Crippen LogP contribution in [-0.2, 0) is 26.6 Å². The lowest BCUT2D eigenvalue weighted by molar-refractivity contribution is -0.122. The lowest BCUT2D eigenvalue weighted by atomic mass is 9.61. The molecule has 1 saturated carbocycles. The highest BCUT2D eigenvalue weighted by molar-refractivity contribution is 7.90. The monoisotopic (exact) mass is 685 g/mol. The van der Waals surface area contributed by atoms with Gasteiger partial charge in [-0.2, -0.15) is 0 Å². The fraction of sp³-hybridized carbons (Fsp3) is 0.649. The number of fused-ring (bicyclic) bond motifs is 4. The fourth-order valence-corrected chi connectivity index (χ4v) is 10.3. The minimum absolute atomic E-state index is 0.117. The van der Waals surface area contributed by atoms with E-state index in [1.54, 1.807) is 13.0 Å². The van der Waals surface area contributed by atoms with E-state index in [1.165, 1.54) is 11.1 Å². The fourth-order valence-electron chi connectivity index (χ4n) is 8.83. The van der Waals surface area contributed by atoms with Gasteiger partial charge in [-0.1, -0.05) is 31.0 Å². The van der Waals surface area contributed by atoms with Crippen molar-refractivity contribution >= 4 is 33.2 Å². The van der Waals surface area contributed by atoms with E-state index in [0.717, 1.165) is 93.9 Å². The van der Waals surface area contributed by atoms with Gasteiger partial charge >= 0.3 is 0 Å². The number of carbonyl (C=O) groups is 1. The number of hydrogen-bond donors (Lipinski definition) is 1. The quantitative estimate of drug-likeness (QED) is 0.396. The predicted octanol–water partition coefficient (Wildman–Crippen LogP) is 6.44. The summed E-state index contributed by atoms with van der Waals surface area (Å²) >= 11 is 6.46. The van der Waals surface area contributed by atoms with Crippen molar-refractivity contribution in [3.8, 4) is 5.75 Å². The van der Waals surface area contributed by atoms with Crippen LogP contribution >= 0.6 is 11.6 Å². The SMILES string of the molecule is CO[C@]1(CCN(C)C)CCC[C@H](C)[C@@H](C)S(=O)(=O)NC(=O)c2ccc3c(c2)N(C[C@@H]2CC[C@H]21)C[C@@]1(CCCc2cc(Cl)ccc21)CO3. The van der Waals surface area contributed by atoms with Crippen molar-refractivity contribution in [2.24, 2.45) is 17.8 Å². The van der Waals surface area contributed by atoms with E-state index < -0.39 is 21.2 Å². The van der Waals surface area contributed by atoms with E-state index in [1.807, 2.05) is 32.2 Å². The average Bonchev–Trinajstić information content (AvgIpc) is 3.17. The molecule has 2 aliphatic carbocycles. The number of carbonyl (C=O) groups excluding carboxylic acids is 1. The van der Waals surface area contributed by atoms with Crippen LogP contribution in [0.25, 0.3) is 0 Å². The minimum Gasteiger partial charge on any atom is -0.490 e. The molecule has 1 spiro atoms. The number of rotatable bonds is 4. The van der Waals surface area contributed by atoms with Gasteiger partial charge in [-0.25, -0.2) is 13.1 Å². The number of ether oxygens (including phenoxy) is 2. The van der Waals surface area contributed by atoms with Gasteiger partial charge in [-0.15, -0.1) is 0 Å². The zero-order chi connectivity index (χ0) is 33.6. The lowest BCUT2D eigenvalue weighted by Gasteiger charge is -2.52. The number of nitrogens with one attached hydrogen (secondary N) is 1. The topological polar surface area (TPSA) is 88.2 Å². The lowest BCUT2D eigenvalue weighted by Crippen LogP contribution is -2.54. The van der Waals surface area contributed by atoms with E-state index in [4.69, 9.17) is 21.1 Å². The molecule has 0 unspecified atom stereocenters. The Bertz CT molecular complexity index is 1580. The third-order valence-corrected chi connectivity index (χ3v) is 14.2. The molecule has 10 heteroatoms. The van der Waals surface area contributed by atoms with Crippen LogP contribution in [0, 0.1) is 17.8 Å². The van der Waals surface area contributed by atoms with E-state index in [2.05, 4.69) is 40.7 Å². The Morgan fingerprint density at radius 3 is 2.62 bits per heavy atom. The van der Waals surface area contributed by atoms with Crippen LogP contribution in [0.2, 0.25) is 5.02 Å². The zero-order valence-corrected chi connectivity index (χ0v) is 30.3. The molecule has 0 saturated heterocycles. The summed E-state index contributed by atoms with van der Waals surface area (Å²) in [6, 6.07) is 11.7. The third kappa shape index (κ3) is 6.79. The Labute approximate surface area is 286 Å². The molecule has 2 bridgehead atoms. The Morgan fingerprint density at radius 2 is 1.89 bits per heavy atom. The smallest absolute Gasteiger partial charge is 0.264 e. The number of aryl methyl sites for hydroxylation is 1. The Morgan fingerprint density at radius 1 is 1.09 bits per heavy atom. The highest BCUT2D eigenvalue weighted by Gasteiger charge is 2.49. The van der Waals surface area contributed by atoms with Crippen molar-refractivity contribution in [2.45, 2.75) is 87.9 Å². The molecule has 1 fully saturated rings. The first-order valence-electron chi connectivity index (χ1n) is 17.4. The number of sulfonamides is 1. The Hall–Kier alpha value is -2.33. The second kappa shape index (κ2) is 13.5. The Balaban J connectivity index is 1.44. The first-order valence-corrected chi connectivity index (χ1v) is 19.4. The molecule has 0 radical (unpaired) electrons. The summed E-state index contributed by atoms with van der Waals surface area (Å²) in [7, 11) is 2.20. The molecule has 47 heavy (non-hydrogen) atoms. The van der Waals surface area contributed by atoms with Crippen LogP contribution in [0.3, 0.4) is 0 Å². The summed E-state index contributed by atoms with van der Waals surface area (Å²) in [6.45, 7) is 6.70. The van der Waals surface area contributed by atoms with Gasteiger partial charge in [-0.3, -0.25) is 4.79 Å². The molecule has 2 aliphatic heterocycles. The molecule has 4 aliphatic rings. The van der Waals surface area contributed by atoms with Gasteiger partial charge in [-0.05, 0) is 132 Å². The molecule has 8 nitrogen and oxygen atoms in total. The molecule has 2 aromatic carbocycles. The molecule has 2 heterocycles. The number of anilines is 1. The molecule has 6 rings (SSSR count). The maximum atomic E-state index is 13.5. The summed E-state index contributed by atoms with van der Waals surface area (Å²) < 4.78 is 42.6. The summed E-state index contributed by atoms with van der Waals surface area (Å²) in [5, 5.41) is 0.0406. The number of methoxy groups -OCH3 is 1. The van der Waals surface area contributed by atoms with Gasteiger partial charge in [0.25, 0.3) is 5.91 Å². The third-order valence-electron chi connectivity index (χ3n) is 12.0. The standard InChI is InChI=1S/C37H52ClN3O5S/c1-25-8-6-17-37(45-5,18-19-40(3)4)32-13-10-29(32)22-41-23-36(16-7-9-27-20-30(38)12-14-31(27)36)24-46-34-15-11-28(21-33(34)41)35(42)39-47(43,44)26(25)2/h11-12,14-15,20-21,25-26,29,32H,6-10,13,16-19,22-24H2,1-5H3,(H,39,42)/t25-,26+,29-,32+,36-,37-/m0/s1. The van der Waals surface area contributed by atoms with Crippen molar-refractivity contribution in [2.75, 3.05) is 52.3 Å². The minimum atomic E-state index is -3.89. The molecule has 6 atom stereocenters. The molecule has 2 aromatic rings. The number of amides is 1. The largest absolute Gasteiger partial charge is 0.490 e.